The largest absolute Gasteiger partial charge is 0.379 e. The zero-order chi connectivity index (χ0) is 19.2. The summed E-state index contributed by atoms with van der Waals surface area (Å²) in [6.07, 6.45) is 0. The minimum Gasteiger partial charge on any atom is -0.379 e. The summed E-state index contributed by atoms with van der Waals surface area (Å²) in [5.74, 6) is 0.0953. The fourth-order valence-electron chi connectivity index (χ4n) is 3.39. The number of ether oxygens (including phenoxy) is 1. The van der Waals surface area contributed by atoms with E-state index in [1.54, 1.807) is 12.1 Å². The Morgan fingerprint density at radius 3 is 2.52 bits per heavy atom. The number of amides is 2. The van der Waals surface area contributed by atoms with Crippen molar-refractivity contribution in [1.82, 2.24) is 14.7 Å². The smallest absolute Gasteiger partial charge is 0.241 e. The van der Waals surface area contributed by atoms with E-state index in [9.17, 15) is 9.59 Å². The second kappa shape index (κ2) is 9.50. The predicted octanol–water partition coefficient (Wildman–Crippen LogP) is 1.14. The van der Waals surface area contributed by atoms with Crippen LogP contribution in [-0.4, -0.2) is 91.6 Å². The van der Waals surface area contributed by atoms with Gasteiger partial charge in [-0.3, -0.25) is 19.4 Å². The normalized spacial score (nSPS) is 20.3. The second-order valence-corrected chi connectivity index (χ2v) is 7.42. The summed E-state index contributed by atoms with van der Waals surface area (Å²) in [5, 5.41) is 3.49. The van der Waals surface area contributed by atoms with E-state index in [0.717, 1.165) is 13.1 Å². The minimum atomic E-state index is -0.263. The van der Waals surface area contributed by atoms with Crippen LogP contribution in [0, 0.1) is 0 Å². The van der Waals surface area contributed by atoms with Gasteiger partial charge in [0.05, 0.1) is 25.8 Å². The van der Waals surface area contributed by atoms with E-state index in [1.807, 2.05) is 24.0 Å². The molecule has 8 heteroatoms. The summed E-state index contributed by atoms with van der Waals surface area (Å²) in [6, 6.07) is 6.86. The van der Waals surface area contributed by atoms with Crippen LogP contribution in [0.15, 0.2) is 24.3 Å². The van der Waals surface area contributed by atoms with Crippen molar-refractivity contribution in [2.45, 2.75) is 13.0 Å². The van der Waals surface area contributed by atoms with Crippen molar-refractivity contribution in [2.24, 2.45) is 0 Å². The van der Waals surface area contributed by atoms with E-state index in [0.29, 0.717) is 56.6 Å². The first kappa shape index (κ1) is 20.1. The first-order valence-electron chi connectivity index (χ1n) is 9.41. The highest BCUT2D eigenvalue weighted by molar-refractivity contribution is 6.30. The van der Waals surface area contributed by atoms with E-state index < -0.39 is 0 Å². The number of morpholine rings is 1. The molecule has 2 aliphatic rings. The fourth-order valence-corrected chi connectivity index (χ4v) is 3.58. The van der Waals surface area contributed by atoms with Crippen molar-refractivity contribution in [1.29, 1.82) is 0 Å². The summed E-state index contributed by atoms with van der Waals surface area (Å²) in [6.45, 7) is 8.05. The molecule has 2 aliphatic heterocycles. The molecule has 1 aromatic carbocycles. The van der Waals surface area contributed by atoms with Crippen molar-refractivity contribution >= 4 is 29.1 Å². The van der Waals surface area contributed by atoms with Crippen LogP contribution in [-0.2, 0) is 14.3 Å². The molecule has 0 spiro atoms. The van der Waals surface area contributed by atoms with Crippen molar-refractivity contribution < 1.29 is 14.3 Å². The number of anilines is 1. The van der Waals surface area contributed by atoms with Crippen molar-refractivity contribution in [3.8, 4) is 0 Å². The first-order chi connectivity index (χ1) is 13.0. The van der Waals surface area contributed by atoms with Crippen LogP contribution in [0.2, 0.25) is 5.02 Å². The van der Waals surface area contributed by atoms with Gasteiger partial charge in [0.25, 0.3) is 0 Å². The molecule has 0 radical (unpaired) electrons. The topological polar surface area (TPSA) is 65.1 Å². The molecule has 0 saturated carbocycles. The van der Waals surface area contributed by atoms with Gasteiger partial charge < -0.3 is 15.0 Å². The first-order valence-corrected chi connectivity index (χ1v) is 9.79. The van der Waals surface area contributed by atoms with Gasteiger partial charge in [-0.05, 0) is 25.1 Å². The zero-order valence-corrected chi connectivity index (χ0v) is 16.5. The van der Waals surface area contributed by atoms with Crippen LogP contribution in [0.1, 0.15) is 6.92 Å². The monoisotopic (exact) mass is 394 g/mol. The third-order valence-electron chi connectivity index (χ3n) is 5.15. The number of piperazine rings is 1. The highest BCUT2D eigenvalue weighted by Crippen LogP contribution is 2.16. The standard InChI is InChI=1S/C19H27ClN4O3/c1-15(19(26)21-17-4-2-3-16(20)13-17)23-5-7-24(8-6-23)18(25)14-22-9-11-27-12-10-22/h2-4,13,15H,5-12,14H2,1H3,(H,21,26). The molecule has 2 saturated heterocycles. The molecule has 0 aromatic heterocycles. The lowest BCUT2D eigenvalue weighted by atomic mass is 10.2. The van der Waals surface area contributed by atoms with Gasteiger partial charge >= 0.3 is 0 Å². The molecule has 1 unspecified atom stereocenters. The second-order valence-electron chi connectivity index (χ2n) is 6.98. The molecule has 2 fully saturated rings. The lowest BCUT2D eigenvalue weighted by Gasteiger charge is -2.38. The number of nitrogens with zero attached hydrogens (tertiary/aromatic N) is 3. The van der Waals surface area contributed by atoms with Crippen molar-refractivity contribution in [3.05, 3.63) is 29.3 Å². The van der Waals surface area contributed by atoms with E-state index in [2.05, 4.69) is 15.1 Å². The number of rotatable bonds is 5. The summed E-state index contributed by atoms with van der Waals surface area (Å²) in [5.41, 5.74) is 0.693. The average molecular weight is 395 g/mol. The summed E-state index contributed by atoms with van der Waals surface area (Å²) < 4.78 is 5.32. The lowest BCUT2D eigenvalue weighted by molar-refractivity contribution is -0.135. The van der Waals surface area contributed by atoms with E-state index in [1.165, 1.54) is 0 Å². The number of nitrogens with one attached hydrogen (secondary N) is 1. The molecule has 7 nitrogen and oxygen atoms in total. The van der Waals surface area contributed by atoms with Crippen LogP contribution < -0.4 is 5.32 Å². The quantitative estimate of drug-likeness (QED) is 0.811. The molecule has 1 N–H and O–H groups in total. The molecule has 1 aromatic rings. The zero-order valence-electron chi connectivity index (χ0n) is 15.7. The fraction of sp³-hybridized carbons (Fsp3) is 0.579. The molecular weight excluding hydrogens is 368 g/mol. The Morgan fingerprint density at radius 1 is 1.15 bits per heavy atom. The Balaban J connectivity index is 1.44. The molecular formula is C19H27ClN4O3. The van der Waals surface area contributed by atoms with Gasteiger partial charge in [-0.15, -0.1) is 0 Å². The Labute approximate surface area is 165 Å². The summed E-state index contributed by atoms with van der Waals surface area (Å²) in [4.78, 5) is 31.1. The number of carbonyl (C=O) groups is 2. The predicted molar refractivity (Wildman–Crippen MR) is 105 cm³/mol. The van der Waals surface area contributed by atoms with E-state index >= 15 is 0 Å². The maximum atomic E-state index is 12.5. The van der Waals surface area contributed by atoms with Gasteiger partial charge in [0.15, 0.2) is 0 Å². The summed E-state index contributed by atoms with van der Waals surface area (Å²) in [7, 11) is 0. The number of hydrogen-bond acceptors (Lipinski definition) is 5. The molecule has 1 atom stereocenters. The molecule has 0 bridgehead atoms. The molecule has 0 aliphatic carbocycles. The molecule has 148 valence electrons. The third kappa shape index (κ3) is 5.65. The average Bonchev–Trinajstić information content (AvgIpc) is 2.68. The van der Waals surface area contributed by atoms with Crippen LogP contribution in [0.5, 0.6) is 0 Å². The maximum absolute atomic E-state index is 12.5. The van der Waals surface area contributed by atoms with Crippen LogP contribution in [0.4, 0.5) is 5.69 Å². The maximum Gasteiger partial charge on any atom is 0.241 e. The molecule has 2 amide bonds. The molecule has 3 rings (SSSR count). The number of halogens is 1. The SMILES string of the molecule is CC(C(=O)Nc1cccc(Cl)c1)N1CCN(C(=O)CN2CCOCC2)CC1. The number of carbonyl (C=O) groups excluding carboxylic acids is 2. The third-order valence-corrected chi connectivity index (χ3v) is 5.38. The van der Waals surface area contributed by atoms with Crippen molar-refractivity contribution in [3.63, 3.8) is 0 Å². The lowest BCUT2D eigenvalue weighted by Crippen LogP contribution is -2.55. The van der Waals surface area contributed by atoms with Gasteiger partial charge in [0, 0.05) is 50.0 Å². The number of benzene rings is 1. The van der Waals surface area contributed by atoms with Gasteiger partial charge in [-0.1, -0.05) is 17.7 Å². The highest BCUT2D eigenvalue weighted by atomic mass is 35.5. The summed E-state index contributed by atoms with van der Waals surface area (Å²) >= 11 is 5.96. The Bertz CT molecular complexity index is 658. The van der Waals surface area contributed by atoms with E-state index in [4.69, 9.17) is 16.3 Å². The van der Waals surface area contributed by atoms with Crippen LogP contribution in [0.3, 0.4) is 0 Å². The van der Waals surface area contributed by atoms with Gasteiger partial charge in [-0.25, -0.2) is 0 Å². The molecule has 27 heavy (non-hydrogen) atoms. The minimum absolute atomic E-state index is 0.0645. The highest BCUT2D eigenvalue weighted by Gasteiger charge is 2.28. The van der Waals surface area contributed by atoms with Gasteiger partial charge in [-0.2, -0.15) is 0 Å². The number of hydrogen-bond donors (Lipinski definition) is 1. The van der Waals surface area contributed by atoms with Crippen molar-refractivity contribution in [2.75, 3.05) is 64.3 Å². The van der Waals surface area contributed by atoms with E-state index in [-0.39, 0.29) is 17.9 Å². The van der Waals surface area contributed by atoms with Gasteiger partial charge in [0.1, 0.15) is 0 Å². The molecule has 2 heterocycles. The Morgan fingerprint density at radius 2 is 1.85 bits per heavy atom. The van der Waals surface area contributed by atoms with Gasteiger partial charge in [0.2, 0.25) is 11.8 Å². The van der Waals surface area contributed by atoms with Crippen LogP contribution >= 0.6 is 11.6 Å². The van der Waals surface area contributed by atoms with Crippen LogP contribution in [0.25, 0.3) is 0 Å². The Kier molecular flexibility index (Phi) is 7.07. The Hall–Kier alpha value is -1.67.